The van der Waals surface area contributed by atoms with Gasteiger partial charge in [0, 0.05) is 6.21 Å². The minimum Gasteiger partial charge on any atom is -0.467 e. The molecule has 2 rings (SSSR count). The van der Waals surface area contributed by atoms with E-state index in [1.54, 1.807) is 12.1 Å². The molecule has 0 fully saturated rings. The number of carbonyl (C=O) groups excluding carboxylic acids is 1. The Hall–Kier alpha value is -2.02. The van der Waals surface area contributed by atoms with Crippen LogP contribution in [-0.4, -0.2) is 23.1 Å². The number of nitrogens with one attached hydrogen (secondary N) is 1. The Morgan fingerprint density at radius 3 is 3.12 bits per heavy atom. The first-order chi connectivity index (χ1) is 8.16. The third-order valence-corrected chi connectivity index (χ3v) is 2.37. The first-order valence-corrected chi connectivity index (χ1v) is 5.30. The Balaban J connectivity index is 1.95. The molecule has 3 N–H and O–H groups in total. The van der Waals surface area contributed by atoms with Crippen LogP contribution in [0.5, 0.6) is 0 Å². The second-order valence-corrected chi connectivity index (χ2v) is 3.74. The highest BCUT2D eigenvalue weighted by atomic mass is 32.1. The highest BCUT2D eigenvalue weighted by molar-refractivity contribution is 7.80. The van der Waals surface area contributed by atoms with E-state index in [9.17, 15) is 4.79 Å². The molecule has 1 aliphatic rings. The van der Waals surface area contributed by atoms with Gasteiger partial charge in [0.25, 0.3) is 0 Å². The molecule has 1 aliphatic heterocycles. The van der Waals surface area contributed by atoms with Gasteiger partial charge in [-0.05, 0) is 24.4 Å². The molecule has 17 heavy (non-hydrogen) atoms. The lowest BCUT2D eigenvalue weighted by molar-refractivity contribution is -0.121. The van der Waals surface area contributed by atoms with Crippen molar-refractivity contribution < 1.29 is 9.21 Å². The number of nitrogens with zero attached hydrogens (tertiary/aromatic N) is 2. The first kappa shape index (κ1) is 11.5. The Bertz CT molecular complexity index is 492. The average Bonchev–Trinajstić information content (AvgIpc) is 2.78. The fraction of sp³-hybridized carbons (Fsp3) is 0.200. The molecule has 0 radical (unpaired) electrons. The van der Waals surface area contributed by atoms with E-state index in [1.165, 1.54) is 12.5 Å². The van der Waals surface area contributed by atoms with Crippen LogP contribution in [-0.2, 0) is 11.3 Å². The first-order valence-electron chi connectivity index (χ1n) is 4.89. The molecule has 0 bridgehead atoms. The Kier molecular flexibility index (Phi) is 3.29. The molecule has 2 heterocycles. The lowest BCUT2D eigenvalue weighted by atomic mass is 10.1. The predicted octanol–water partition coefficient (Wildman–Crippen LogP) is 0.238. The molecular weight excluding hydrogens is 240 g/mol. The van der Waals surface area contributed by atoms with Gasteiger partial charge in [-0.2, -0.15) is 0 Å². The Morgan fingerprint density at radius 2 is 2.47 bits per heavy atom. The quantitative estimate of drug-likeness (QED) is 0.751. The van der Waals surface area contributed by atoms with Crippen molar-refractivity contribution in [3.05, 3.63) is 24.2 Å². The number of rotatable bonds is 3. The summed E-state index contributed by atoms with van der Waals surface area (Å²) in [6.45, 7) is 0.300. The largest absolute Gasteiger partial charge is 0.467 e. The molecule has 0 aromatic carbocycles. The van der Waals surface area contributed by atoms with Gasteiger partial charge < -0.3 is 15.5 Å². The van der Waals surface area contributed by atoms with Crippen LogP contribution in [0.4, 0.5) is 0 Å². The summed E-state index contributed by atoms with van der Waals surface area (Å²) in [6.07, 6.45) is 2.93. The summed E-state index contributed by atoms with van der Waals surface area (Å²) in [7, 11) is 0. The molecule has 1 unspecified atom stereocenters. The molecule has 1 amide bonds. The van der Waals surface area contributed by atoms with Crippen LogP contribution in [0.2, 0.25) is 0 Å². The van der Waals surface area contributed by atoms with Gasteiger partial charge in [0.2, 0.25) is 11.0 Å². The maximum Gasteiger partial charge on any atom is 0.236 e. The van der Waals surface area contributed by atoms with Gasteiger partial charge in [-0.15, -0.1) is 0 Å². The van der Waals surface area contributed by atoms with E-state index >= 15 is 0 Å². The van der Waals surface area contributed by atoms with Gasteiger partial charge >= 0.3 is 0 Å². The van der Waals surface area contributed by atoms with Crippen LogP contribution in [0.15, 0.2) is 32.8 Å². The van der Waals surface area contributed by atoms with Gasteiger partial charge in [0.05, 0.1) is 12.8 Å². The van der Waals surface area contributed by atoms with Crippen molar-refractivity contribution >= 4 is 35.3 Å². The van der Waals surface area contributed by atoms with Gasteiger partial charge in [0.1, 0.15) is 17.5 Å². The number of amidine groups is 1. The normalized spacial score (nSPS) is 18.9. The summed E-state index contributed by atoms with van der Waals surface area (Å²) >= 11 is 4.74. The number of carbonyl (C=O) groups is 1. The molecule has 88 valence electrons. The van der Waals surface area contributed by atoms with E-state index in [4.69, 9.17) is 22.4 Å². The van der Waals surface area contributed by atoms with Crippen molar-refractivity contribution in [2.45, 2.75) is 6.54 Å². The molecule has 0 spiro atoms. The number of nitrogens with two attached hydrogens (primary N) is 1. The van der Waals surface area contributed by atoms with Gasteiger partial charge in [0.15, 0.2) is 0 Å². The molecule has 1 aromatic heterocycles. The minimum absolute atomic E-state index is 0.137. The zero-order valence-corrected chi connectivity index (χ0v) is 9.61. The second kappa shape index (κ2) is 4.88. The maximum absolute atomic E-state index is 11.8. The van der Waals surface area contributed by atoms with Crippen LogP contribution in [0, 0.1) is 5.92 Å². The van der Waals surface area contributed by atoms with E-state index in [2.05, 4.69) is 15.3 Å². The third-order valence-electron chi connectivity index (χ3n) is 2.18. The van der Waals surface area contributed by atoms with Crippen molar-refractivity contribution in [2.24, 2.45) is 21.6 Å². The van der Waals surface area contributed by atoms with Crippen LogP contribution in [0.3, 0.4) is 0 Å². The maximum atomic E-state index is 11.8. The fourth-order valence-corrected chi connectivity index (χ4v) is 1.49. The Labute approximate surface area is 103 Å². The van der Waals surface area contributed by atoms with Gasteiger partial charge in [-0.1, -0.05) is 0 Å². The summed E-state index contributed by atoms with van der Waals surface area (Å²) < 4.78 is 5.08. The predicted molar refractivity (Wildman–Crippen MR) is 66.8 cm³/mol. The van der Waals surface area contributed by atoms with E-state index in [0.29, 0.717) is 12.3 Å². The smallest absolute Gasteiger partial charge is 0.236 e. The van der Waals surface area contributed by atoms with Crippen LogP contribution in [0.1, 0.15) is 5.76 Å². The van der Waals surface area contributed by atoms with E-state index in [1.807, 2.05) is 0 Å². The molecule has 6 nitrogen and oxygen atoms in total. The zero-order valence-electron chi connectivity index (χ0n) is 8.79. The number of hydrogen-bond donors (Lipinski definition) is 2. The molecule has 0 aliphatic carbocycles. The average molecular weight is 250 g/mol. The lowest BCUT2D eigenvalue weighted by Crippen LogP contribution is -2.41. The topological polar surface area (TPSA) is 93.0 Å². The van der Waals surface area contributed by atoms with Crippen molar-refractivity contribution in [1.29, 1.82) is 0 Å². The highest BCUT2D eigenvalue weighted by Gasteiger charge is 2.23. The summed E-state index contributed by atoms with van der Waals surface area (Å²) in [5.74, 6) is -0.135. The van der Waals surface area contributed by atoms with E-state index < -0.39 is 5.92 Å². The molecule has 7 heteroatoms. The fourth-order valence-electron chi connectivity index (χ4n) is 1.32. The highest BCUT2D eigenvalue weighted by Crippen LogP contribution is 2.04. The van der Waals surface area contributed by atoms with E-state index in [0.717, 1.165) is 0 Å². The monoisotopic (exact) mass is 250 g/mol. The number of thiocarbonyl (C=S) groups is 1. The number of hydrogen-bond acceptors (Lipinski definition) is 4. The number of aliphatic imine (C=N–C) groups is 2. The van der Waals surface area contributed by atoms with Crippen molar-refractivity contribution in [2.75, 3.05) is 0 Å². The van der Waals surface area contributed by atoms with Gasteiger partial charge in [-0.3, -0.25) is 4.79 Å². The number of amides is 1. The SMILES string of the molecule is NC1=NC(=S)N=CC1C(=O)NCc1ccco1. The zero-order chi connectivity index (χ0) is 12.3. The van der Waals surface area contributed by atoms with Crippen LogP contribution in [0.25, 0.3) is 0 Å². The van der Waals surface area contributed by atoms with Crippen molar-refractivity contribution in [1.82, 2.24) is 5.32 Å². The van der Waals surface area contributed by atoms with E-state index in [-0.39, 0.29) is 16.9 Å². The molecular formula is C10H10N4O2S. The van der Waals surface area contributed by atoms with Crippen LogP contribution >= 0.6 is 12.2 Å². The molecule has 1 aromatic rings. The van der Waals surface area contributed by atoms with Crippen LogP contribution < -0.4 is 11.1 Å². The summed E-state index contributed by atoms with van der Waals surface area (Å²) in [6, 6.07) is 3.51. The lowest BCUT2D eigenvalue weighted by Gasteiger charge is -2.14. The summed E-state index contributed by atoms with van der Waals surface area (Å²) in [4.78, 5) is 19.3. The van der Waals surface area contributed by atoms with Gasteiger partial charge in [-0.25, -0.2) is 9.98 Å². The van der Waals surface area contributed by atoms with Crippen molar-refractivity contribution in [3.8, 4) is 0 Å². The standard InChI is InChI=1S/C10H10N4O2S/c11-8-7(5-13-10(17)14-8)9(15)12-4-6-2-1-3-16-6/h1-3,5,7H,4H2,(H,12,15)(H2,11,14,17). The van der Waals surface area contributed by atoms with Crippen molar-refractivity contribution in [3.63, 3.8) is 0 Å². The second-order valence-electron chi connectivity index (χ2n) is 3.37. The summed E-state index contributed by atoms with van der Waals surface area (Å²) in [5, 5.41) is 2.81. The molecule has 1 atom stereocenters. The summed E-state index contributed by atoms with van der Waals surface area (Å²) in [5.41, 5.74) is 5.61. The number of furan rings is 1. The Morgan fingerprint density at radius 1 is 1.65 bits per heavy atom. The molecule has 0 saturated heterocycles. The minimum atomic E-state index is -0.670. The third kappa shape index (κ3) is 2.76. The molecule has 0 saturated carbocycles.